The summed E-state index contributed by atoms with van der Waals surface area (Å²) in [6.07, 6.45) is 9.00. The van der Waals surface area contributed by atoms with Crippen LogP contribution in [-0.2, 0) is 6.61 Å². The molecule has 0 atom stereocenters. The minimum atomic E-state index is -0.178. The Hall–Kier alpha value is -1.22. The van der Waals surface area contributed by atoms with Gasteiger partial charge in [-0.1, -0.05) is 38.5 Å². The maximum atomic E-state index is 9.11. The van der Waals surface area contributed by atoms with Crippen molar-refractivity contribution in [3.05, 3.63) is 23.8 Å². The van der Waals surface area contributed by atoms with E-state index in [-0.39, 0.29) is 12.4 Å². The zero-order chi connectivity index (χ0) is 12.5. The summed E-state index contributed by atoms with van der Waals surface area (Å²) in [7, 11) is 1.54. The van der Waals surface area contributed by atoms with E-state index in [1.807, 2.05) is 0 Å². The van der Waals surface area contributed by atoms with Crippen LogP contribution in [0.3, 0.4) is 0 Å². The van der Waals surface area contributed by atoms with E-state index < -0.39 is 0 Å². The highest BCUT2D eigenvalue weighted by molar-refractivity contribution is 5.38. The summed E-state index contributed by atoms with van der Waals surface area (Å²) >= 11 is 0. The third-order valence-electron chi connectivity index (χ3n) is 2.96. The molecular formula is C14H22O3. The van der Waals surface area contributed by atoms with Crippen molar-refractivity contribution in [3.8, 4) is 11.5 Å². The maximum absolute atomic E-state index is 9.11. The van der Waals surface area contributed by atoms with Gasteiger partial charge in [-0.25, -0.2) is 0 Å². The van der Waals surface area contributed by atoms with Gasteiger partial charge in [0.05, 0.1) is 13.7 Å². The minimum Gasteiger partial charge on any atom is -0.508 e. The predicted molar refractivity (Wildman–Crippen MR) is 68.3 cm³/mol. The monoisotopic (exact) mass is 238 g/mol. The van der Waals surface area contributed by atoms with Crippen molar-refractivity contribution < 1.29 is 14.9 Å². The molecule has 0 heterocycles. The lowest BCUT2D eigenvalue weighted by Gasteiger charge is -2.05. The number of rotatable bonds is 2. The molecule has 96 valence electrons. The quantitative estimate of drug-likeness (QED) is 0.831. The van der Waals surface area contributed by atoms with E-state index in [0.29, 0.717) is 11.3 Å². The zero-order valence-corrected chi connectivity index (χ0v) is 10.5. The molecule has 1 aromatic carbocycles. The average Bonchev–Trinajstić information content (AvgIpc) is 2.42. The Morgan fingerprint density at radius 3 is 2.00 bits per heavy atom. The van der Waals surface area contributed by atoms with E-state index in [9.17, 15) is 0 Å². The predicted octanol–water partition coefficient (Wildman–Crippen LogP) is 3.23. The van der Waals surface area contributed by atoms with E-state index in [0.717, 1.165) is 0 Å². The Morgan fingerprint density at radius 2 is 1.59 bits per heavy atom. The molecule has 0 saturated heterocycles. The number of benzene rings is 1. The van der Waals surface area contributed by atoms with Crippen LogP contribution in [0.25, 0.3) is 0 Å². The molecule has 1 saturated carbocycles. The van der Waals surface area contributed by atoms with Crippen LogP contribution in [-0.4, -0.2) is 17.3 Å². The summed E-state index contributed by atoms with van der Waals surface area (Å²) in [5.41, 5.74) is 0.476. The standard InChI is InChI=1S/C8H10O3.C6H12/c1-11-7-2-3-8(10)6(4-7)5-9;1-2-4-6-5-3-1/h2-4,9-10H,5H2,1H3;1-6H2. The fourth-order valence-electron chi connectivity index (χ4n) is 1.88. The maximum Gasteiger partial charge on any atom is 0.121 e. The van der Waals surface area contributed by atoms with E-state index in [2.05, 4.69) is 0 Å². The van der Waals surface area contributed by atoms with Gasteiger partial charge < -0.3 is 14.9 Å². The summed E-state index contributed by atoms with van der Waals surface area (Å²) in [5.74, 6) is 0.722. The molecule has 0 unspecified atom stereocenters. The summed E-state index contributed by atoms with van der Waals surface area (Å²) in [5, 5.41) is 17.8. The lowest BCUT2D eigenvalue weighted by molar-refractivity contribution is 0.274. The van der Waals surface area contributed by atoms with Crippen molar-refractivity contribution in [3.63, 3.8) is 0 Å². The summed E-state index contributed by atoms with van der Waals surface area (Å²) in [6.45, 7) is -0.178. The van der Waals surface area contributed by atoms with E-state index in [1.165, 1.54) is 51.7 Å². The van der Waals surface area contributed by atoms with Crippen LogP contribution in [0, 0.1) is 0 Å². The van der Waals surface area contributed by atoms with Crippen LogP contribution in [0.4, 0.5) is 0 Å². The lowest BCUT2D eigenvalue weighted by atomic mass is 10.0. The third-order valence-corrected chi connectivity index (χ3v) is 2.96. The van der Waals surface area contributed by atoms with Crippen LogP contribution >= 0.6 is 0 Å². The van der Waals surface area contributed by atoms with E-state index in [4.69, 9.17) is 14.9 Å². The first-order chi connectivity index (χ1) is 8.27. The topological polar surface area (TPSA) is 49.7 Å². The van der Waals surface area contributed by atoms with Crippen LogP contribution in [0.2, 0.25) is 0 Å². The van der Waals surface area contributed by atoms with Gasteiger partial charge in [0.1, 0.15) is 11.5 Å². The molecule has 3 nitrogen and oxygen atoms in total. The lowest BCUT2D eigenvalue weighted by Crippen LogP contribution is -1.87. The van der Waals surface area contributed by atoms with Crippen molar-refractivity contribution in [2.75, 3.05) is 7.11 Å². The molecule has 17 heavy (non-hydrogen) atoms. The van der Waals surface area contributed by atoms with Gasteiger partial charge in [0, 0.05) is 5.56 Å². The van der Waals surface area contributed by atoms with Crippen molar-refractivity contribution >= 4 is 0 Å². The second-order valence-electron chi connectivity index (χ2n) is 4.27. The summed E-state index contributed by atoms with van der Waals surface area (Å²) in [6, 6.07) is 4.72. The number of aliphatic hydroxyl groups is 1. The van der Waals surface area contributed by atoms with Gasteiger partial charge in [-0.15, -0.1) is 0 Å². The molecule has 1 aliphatic carbocycles. The first-order valence-corrected chi connectivity index (χ1v) is 6.24. The number of hydrogen-bond acceptors (Lipinski definition) is 3. The fourth-order valence-corrected chi connectivity index (χ4v) is 1.88. The van der Waals surface area contributed by atoms with Crippen molar-refractivity contribution in [1.82, 2.24) is 0 Å². The molecule has 1 aromatic rings. The highest BCUT2D eigenvalue weighted by atomic mass is 16.5. The number of hydrogen-bond donors (Lipinski definition) is 2. The van der Waals surface area contributed by atoms with Crippen LogP contribution < -0.4 is 4.74 Å². The molecular weight excluding hydrogens is 216 g/mol. The molecule has 2 rings (SSSR count). The molecule has 1 fully saturated rings. The number of aromatic hydroxyl groups is 1. The largest absolute Gasteiger partial charge is 0.508 e. The second kappa shape index (κ2) is 7.96. The van der Waals surface area contributed by atoms with Gasteiger partial charge in [-0.2, -0.15) is 0 Å². The first-order valence-electron chi connectivity index (χ1n) is 6.24. The van der Waals surface area contributed by atoms with E-state index >= 15 is 0 Å². The molecule has 0 aliphatic heterocycles. The highest BCUT2D eigenvalue weighted by Gasteiger charge is 2.00. The molecule has 0 bridgehead atoms. The Kier molecular flexibility index (Phi) is 6.48. The van der Waals surface area contributed by atoms with Gasteiger partial charge in [-0.05, 0) is 18.2 Å². The third kappa shape index (κ3) is 5.09. The van der Waals surface area contributed by atoms with Gasteiger partial charge in [0.2, 0.25) is 0 Å². The zero-order valence-electron chi connectivity index (χ0n) is 10.5. The van der Waals surface area contributed by atoms with E-state index in [1.54, 1.807) is 12.1 Å². The Labute approximate surface area is 103 Å². The van der Waals surface area contributed by atoms with Crippen LogP contribution in [0.15, 0.2) is 18.2 Å². The number of aliphatic hydroxyl groups excluding tert-OH is 1. The molecule has 0 amide bonds. The van der Waals surface area contributed by atoms with Gasteiger partial charge in [0.25, 0.3) is 0 Å². The average molecular weight is 238 g/mol. The number of phenols is 1. The molecule has 0 spiro atoms. The van der Waals surface area contributed by atoms with Gasteiger partial charge >= 0.3 is 0 Å². The minimum absolute atomic E-state index is 0.0910. The Balaban J connectivity index is 0.000000202. The van der Waals surface area contributed by atoms with Crippen molar-refractivity contribution in [2.45, 2.75) is 45.1 Å². The molecule has 2 N–H and O–H groups in total. The highest BCUT2D eigenvalue weighted by Crippen LogP contribution is 2.22. The molecule has 0 aromatic heterocycles. The van der Waals surface area contributed by atoms with Crippen LogP contribution in [0.5, 0.6) is 11.5 Å². The molecule has 1 aliphatic rings. The van der Waals surface area contributed by atoms with Crippen molar-refractivity contribution in [2.24, 2.45) is 0 Å². The summed E-state index contributed by atoms with van der Waals surface area (Å²) < 4.78 is 4.89. The summed E-state index contributed by atoms with van der Waals surface area (Å²) in [4.78, 5) is 0. The SMILES string of the molecule is C1CCCCC1.COc1ccc(O)c(CO)c1. The number of ether oxygens (including phenoxy) is 1. The second-order valence-corrected chi connectivity index (χ2v) is 4.27. The van der Waals surface area contributed by atoms with Gasteiger partial charge in [-0.3, -0.25) is 0 Å². The number of methoxy groups -OCH3 is 1. The normalized spacial score (nSPS) is 14.7. The Bertz CT molecular complexity index is 308. The molecule has 3 heteroatoms. The molecule has 0 radical (unpaired) electrons. The van der Waals surface area contributed by atoms with Gasteiger partial charge in [0.15, 0.2) is 0 Å². The smallest absolute Gasteiger partial charge is 0.121 e. The van der Waals surface area contributed by atoms with Crippen LogP contribution in [0.1, 0.15) is 44.1 Å². The first kappa shape index (κ1) is 13.8. The van der Waals surface area contributed by atoms with Crippen molar-refractivity contribution in [1.29, 1.82) is 0 Å². The fraction of sp³-hybridized carbons (Fsp3) is 0.571. The Morgan fingerprint density at radius 1 is 1.06 bits per heavy atom.